The molecule has 1 aromatic heterocycles. The smallest absolute Gasteiger partial charge is 0.0917 e. The van der Waals surface area contributed by atoms with Crippen molar-refractivity contribution in [3.8, 4) is 0 Å². The molecule has 1 heterocycles. The molecule has 1 aliphatic carbocycles. The van der Waals surface area contributed by atoms with Gasteiger partial charge in [0.05, 0.1) is 10.7 Å². The molecule has 4 heteroatoms. The molecule has 0 spiro atoms. The number of pyridine rings is 1. The van der Waals surface area contributed by atoms with E-state index in [1.165, 1.54) is 31.9 Å². The van der Waals surface area contributed by atoms with Crippen LogP contribution in [0.1, 0.15) is 38.3 Å². The van der Waals surface area contributed by atoms with Crippen molar-refractivity contribution in [2.75, 3.05) is 0 Å². The molecule has 2 N–H and O–H groups in total. The Balaban J connectivity index is 1.94. The zero-order valence-corrected chi connectivity index (χ0v) is 12.0. The second-order valence-electron chi connectivity index (χ2n) is 5.07. The van der Waals surface area contributed by atoms with Crippen molar-refractivity contribution < 1.29 is 0 Å². The van der Waals surface area contributed by atoms with E-state index in [-0.39, 0.29) is 0 Å². The molecule has 0 radical (unpaired) electrons. The Bertz CT molecular complexity index is 464. The third kappa shape index (κ3) is 3.57. The number of hydrogen-bond acceptors (Lipinski definition) is 3. The molecule has 3 nitrogen and oxygen atoms in total. The quantitative estimate of drug-likeness (QED) is 0.775. The predicted molar refractivity (Wildman–Crippen MR) is 80.6 cm³/mol. The zero-order chi connectivity index (χ0) is 13.7. The van der Waals surface area contributed by atoms with Crippen molar-refractivity contribution in [2.24, 2.45) is 5.92 Å². The lowest BCUT2D eigenvalue weighted by Gasteiger charge is -2.35. The van der Waals surface area contributed by atoms with E-state index >= 15 is 0 Å². The van der Waals surface area contributed by atoms with Gasteiger partial charge < -0.3 is 10.7 Å². The van der Waals surface area contributed by atoms with Crippen LogP contribution in [0.4, 0.5) is 0 Å². The SMILES string of the molecule is CCCC1CC(N/C=C(\C=N)c2ncccc2Cl)C1. The molecular weight excluding hydrogens is 258 g/mol. The zero-order valence-electron chi connectivity index (χ0n) is 11.2. The van der Waals surface area contributed by atoms with E-state index in [0.717, 1.165) is 11.5 Å². The standard InChI is InChI=1S/C15H20ClN3/c1-2-4-11-7-13(8-11)19-10-12(9-17)15-14(16)5-3-6-18-15/h3,5-6,9-11,13,17,19H,2,4,7-8H2,1H3/b12-10+,17-9?. The van der Waals surface area contributed by atoms with Crippen molar-refractivity contribution in [1.29, 1.82) is 5.41 Å². The van der Waals surface area contributed by atoms with E-state index < -0.39 is 0 Å². The van der Waals surface area contributed by atoms with Gasteiger partial charge in [-0.15, -0.1) is 0 Å². The summed E-state index contributed by atoms with van der Waals surface area (Å²) in [7, 11) is 0. The van der Waals surface area contributed by atoms with Crippen LogP contribution in [0.15, 0.2) is 24.5 Å². The van der Waals surface area contributed by atoms with Gasteiger partial charge in [-0.3, -0.25) is 4.98 Å². The van der Waals surface area contributed by atoms with Crippen LogP contribution in [0, 0.1) is 11.3 Å². The number of aromatic nitrogens is 1. The fourth-order valence-corrected chi connectivity index (χ4v) is 2.73. The molecular formula is C15H20ClN3. The first kappa shape index (κ1) is 14.1. The van der Waals surface area contributed by atoms with Crippen LogP contribution in [0.3, 0.4) is 0 Å². The summed E-state index contributed by atoms with van der Waals surface area (Å²) in [4.78, 5) is 4.22. The first-order valence-corrected chi connectivity index (χ1v) is 7.20. The largest absolute Gasteiger partial charge is 0.388 e. The van der Waals surface area contributed by atoms with Crippen LogP contribution >= 0.6 is 11.6 Å². The Hall–Kier alpha value is -1.35. The molecule has 0 unspecified atom stereocenters. The summed E-state index contributed by atoms with van der Waals surface area (Å²) in [6.07, 6.45) is 9.90. The third-order valence-electron chi connectivity index (χ3n) is 3.59. The fourth-order valence-electron chi connectivity index (χ4n) is 2.50. The molecule has 0 aliphatic heterocycles. The van der Waals surface area contributed by atoms with Crippen molar-refractivity contribution in [1.82, 2.24) is 10.3 Å². The topological polar surface area (TPSA) is 48.8 Å². The highest BCUT2D eigenvalue weighted by Gasteiger charge is 2.27. The van der Waals surface area contributed by atoms with Gasteiger partial charge in [0, 0.05) is 30.2 Å². The average molecular weight is 278 g/mol. The van der Waals surface area contributed by atoms with Crippen molar-refractivity contribution in [3.63, 3.8) is 0 Å². The van der Waals surface area contributed by atoms with Gasteiger partial charge >= 0.3 is 0 Å². The Labute approximate surface area is 119 Å². The molecule has 2 rings (SSSR count). The summed E-state index contributed by atoms with van der Waals surface area (Å²) in [6.45, 7) is 2.23. The second kappa shape index (κ2) is 6.71. The van der Waals surface area contributed by atoms with E-state index in [0.29, 0.717) is 16.8 Å². The lowest BCUT2D eigenvalue weighted by Crippen LogP contribution is -2.38. The monoisotopic (exact) mass is 277 g/mol. The molecule has 0 bridgehead atoms. The first-order valence-electron chi connectivity index (χ1n) is 6.82. The Morgan fingerprint density at radius 2 is 2.37 bits per heavy atom. The van der Waals surface area contributed by atoms with Crippen LogP contribution in [-0.2, 0) is 0 Å². The lowest BCUT2D eigenvalue weighted by atomic mass is 9.78. The number of hydrogen-bond donors (Lipinski definition) is 2. The average Bonchev–Trinajstić information content (AvgIpc) is 2.37. The molecule has 1 aliphatic rings. The number of nitrogens with one attached hydrogen (secondary N) is 2. The molecule has 0 atom stereocenters. The van der Waals surface area contributed by atoms with Crippen LogP contribution in [0.25, 0.3) is 5.57 Å². The molecule has 1 saturated carbocycles. The van der Waals surface area contributed by atoms with E-state index in [4.69, 9.17) is 17.0 Å². The van der Waals surface area contributed by atoms with E-state index in [1.54, 1.807) is 18.3 Å². The summed E-state index contributed by atoms with van der Waals surface area (Å²) in [6, 6.07) is 4.12. The highest BCUT2D eigenvalue weighted by molar-refractivity contribution is 6.33. The molecule has 0 aromatic carbocycles. The van der Waals surface area contributed by atoms with Crippen LogP contribution in [0.5, 0.6) is 0 Å². The summed E-state index contributed by atoms with van der Waals surface area (Å²) in [5, 5.41) is 11.4. The van der Waals surface area contributed by atoms with Gasteiger partial charge in [-0.25, -0.2) is 0 Å². The molecule has 0 amide bonds. The Morgan fingerprint density at radius 1 is 1.58 bits per heavy atom. The van der Waals surface area contributed by atoms with E-state index in [2.05, 4.69) is 17.2 Å². The maximum atomic E-state index is 7.49. The number of nitrogens with zero attached hydrogens (tertiary/aromatic N) is 1. The molecule has 1 fully saturated rings. The second-order valence-corrected chi connectivity index (χ2v) is 5.47. The van der Waals surface area contributed by atoms with Gasteiger partial charge in [0.1, 0.15) is 0 Å². The van der Waals surface area contributed by atoms with Gasteiger partial charge in [0.25, 0.3) is 0 Å². The first-order chi connectivity index (χ1) is 9.24. The van der Waals surface area contributed by atoms with Gasteiger partial charge in [-0.1, -0.05) is 31.4 Å². The summed E-state index contributed by atoms with van der Waals surface area (Å²) < 4.78 is 0. The van der Waals surface area contributed by atoms with Gasteiger partial charge in [0.2, 0.25) is 0 Å². The fraction of sp³-hybridized carbons (Fsp3) is 0.467. The van der Waals surface area contributed by atoms with Gasteiger partial charge in [0.15, 0.2) is 0 Å². The van der Waals surface area contributed by atoms with Crippen LogP contribution < -0.4 is 5.32 Å². The highest BCUT2D eigenvalue weighted by atomic mass is 35.5. The molecule has 102 valence electrons. The van der Waals surface area contributed by atoms with E-state index in [1.807, 2.05) is 6.20 Å². The molecule has 1 aromatic rings. The van der Waals surface area contributed by atoms with Gasteiger partial charge in [-0.05, 0) is 30.9 Å². The maximum Gasteiger partial charge on any atom is 0.0917 e. The normalized spacial score (nSPS) is 22.7. The van der Waals surface area contributed by atoms with Crippen LogP contribution in [-0.4, -0.2) is 17.2 Å². The number of halogens is 1. The minimum atomic E-state index is 0.536. The minimum absolute atomic E-state index is 0.536. The van der Waals surface area contributed by atoms with Crippen molar-refractivity contribution in [3.05, 3.63) is 35.2 Å². The summed E-state index contributed by atoms with van der Waals surface area (Å²) in [5.74, 6) is 0.873. The Morgan fingerprint density at radius 3 is 3.00 bits per heavy atom. The lowest BCUT2D eigenvalue weighted by molar-refractivity contribution is 0.225. The molecule has 0 saturated heterocycles. The minimum Gasteiger partial charge on any atom is -0.388 e. The number of allylic oxidation sites excluding steroid dienone is 1. The summed E-state index contributed by atoms with van der Waals surface area (Å²) >= 11 is 6.09. The van der Waals surface area contributed by atoms with Gasteiger partial charge in [-0.2, -0.15) is 0 Å². The Kier molecular flexibility index (Phi) is 4.97. The maximum absolute atomic E-state index is 7.49. The van der Waals surface area contributed by atoms with E-state index in [9.17, 15) is 0 Å². The molecule has 19 heavy (non-hydrogen) atoms. The van der Waals surface area contributed by atoms with Crippen molar-refractivity contribution in [2.45, 2.75) is 38.6 Å². The van der Waals surface area contributed by atoms with Crippen molar-refractivity contribution >= 4 is 23.4 Å². The predicted octanol–water partition coefficient (Wildman–Crippen LogP) is 3.89. The summed E-state index contributed by atoms with van der Waals surface area (Å²) in [5.41, 5.74) is 1.39. The van der Waals surface area contributed by atoms with Crippen LogP contribution in [0.2, 0.25) is 5.02 Å². The number of rotatable bonds is 6. The highest BCUT2D eigenvalue weighted by Crippen LogP contribution is 2.31. The third-order valence-corrected chi connectivity index (χ3v) is 3.90.